The number of esters is 1. The SMILES string of the molecule is CC[C@@]1(O)C(=O)OCc2c1cc1n(c2=O)Cc2c-1nc1cc(F)c(C)c3c1c2[C@@H](NC(=O)COCNC(=O)CNC(=O)[C@H](Cc1ccccc1)NC(=O)CNC(=O)CNC(=O)CCOCCOCCOCCOCCNC(=O)OC1C2CCC#CCCC21)CC3. The van der Waals surface area contributed by atoms with E-state index in [1.165, 1.54) is 10.6 Å². The summed E-state index contributed by atoms with van der Waals surface area (Å²) in [4.78, 5) is 121. The van der Waals surface area contributed by atoms with Crippen molar-refractivity contribution in [2.24, 2.45) is 11.8 Å². The van der Waals surface area contributed by atoms with Gasteiger partial charge in [-0.3, -0.25) is 33.6 Å². The van der Waals surface area contributed by atoms with Gasteiger partial charge in [-0.25, -0.2) is 19.0 Å². The van der Waals surface area contributed by atoms with E-state index >= 15 is 4.39 Å². The van der Waals surface area contributed by atoms with Gasteiger partial charge in [-0.15, -0.1) is 11.8 Å². The zero-order valence-electron chi connectivity index (χ0n) is 50.4. The number of carbonyl (C=O) groups is 8. The number of carbonyl (C=O) groups excluding carboxylic acids is 8. The summed E-state index contributed by atoms with van der Waals surface area (Å²) in [6, 6.07) is 9.84. The summed E-state index contributed by atoms with van der Waals surface area (Å²) in [5, 5.41) is 30.2. The van der Waals surface area contributed by atoms with Crippen LogP contribution in [0.5, 0.6) is 0 Å². The van der Waals surface area contributed by atoms with Crippen LogP contribution in [0, 0.1) is 36.4 Å². The van der Waals surface area contributed by atoms with Crippen LogP contribution in [0.2, 0.25) is 0 Å². The van der Waals surface area contributed by atoms with Crippen LogP contribution in [0.25, 0.3) is 22.3 Å². The second-order valence-corrected chi connectivity index (χ2v) is 22.4. The van der Waals surface area contributed by atoms with Gasteiger partial charge in [0.05, 0.1) is 108 Å². The van der Waals surface area contributed by atoms with Crippen LogP contribution >= 0.6 is 0 Å². The standard InChI is InChI=1S/C63H76FN9O17/c1-3-63(83)44-28-49-57-42(33-73(49)60(80)43(44)34-89-61(63)81)56-46(16-15-39-37(2)45(64)29-47(72-57)55(39)56)70-54(78)35-88-36-69-52(76)31-68-59(79)48(27-38-11-7-6-8-12-38)71-53(77)32-67-51(75)30-66-50(74)17-19-84-21-23-86-25-26-87-24-22-85-20-18-65-62(82)90-58-40-13-9-4-5-10-14-41(40)58/h6-8,11-12,28-29,40-41,46,48,58,83H,3,9-10,13-27,30-36H2,1-2H3,(H,65,82)(H,66,74)(H,67,75)(H,68,79)(H,69,76)(H,70,78)(H,71,77)/t40?,41?,46-,48-,58?,63-/m0/s1. The summed E-state index contributed by atoms with van der Waals surface area (Å²) >= 11 is 0. The molecular formula is C63H76FN9O17. The maximum atomic E-state index is 15.4. The van der Waals surface area contributed by atoms with E-state index in [2.05, 4.69) is 49.1 Å². The van der Waals surface area contributed by atoms with Crippen molar-refractivity contribution < 1.29 is 81.0 Å². The number of hydrogen-bond donors (Lipinski definition) is 8. The number of aromatic nitrogens is 2. The number of hydrogen-bond acceptors (Lipinski definition) is 18. The summed E-state index contributed by atoms with van der Waals surface area (Å²) in [5.41, 5.74) is 1.83. The first kappa shape index (κ1) is 66.0. The Kier molecular flexibility index (Phi) is 23.0. The zero-order valence-corrected chi connectivity index (χ0v) is 50.4. The van der Waals surface area contributed by atoms with E-state index in [-0.39, 0.29) is 69.5 Å². The second kappa shape index (κ2) is 31.4. The number of aliphatic hydroxyl groups is 1. The summed E-state index contributed by atoms with van der Waals surface area (Å²) in [6.45, 7) is 3.17. The Morgan fingerprint density at radius 2 is 1.42 bits per heavy atom. The molecule has 2 aliphatic heterocycles. The molecule has 1 saturated carbocycles. The van der Waals surface area contributed by atoms with Gasteiger partial charge >= 0.3 is 12.1 Å². The third-order valence-electron chi connectivity index (χ3n) is 16.5. The third-order valence-corrected chi connectivity index (χ3v) is 16.5. The molecule has 4 heterocycles. The molecule has 90 heavy (non-hydrogen) atoms. The van der Waals surface area contributed by atoms with Crippen LogP contribution in [0.4, 0.5) is 9.18 Å². The highest BCUT2D eigenvalue weighted by molar-refractivity contribution is 5.95. The number of benzene rings is 2. The highest BCUT2D eigenvalue weighted by Crippen LogP contribution is 2.49. The average Bonchev–Trinajstić information content (AvgIpc) is 1.45. The first-order valence-electron chi connectivity index (χ1n) is 30.4. The van der Waals surface area contributed by atoms with Gasteiger partial charge in [0.25, 0.3) is 5.56 Å². The van der Waals surface area contributed by atoms with Gasteiger partial charge in [0.2, 0.25) is 35.4 Å². The van der Waals surface area contributed by atoms with Crippen molar-refractivity contribution >= 4 is 58.4 Å². The van der Waals surface area contributed by atoms with E-state index in [0.717, 1.165) is 31.2 Å². The van der Waals surface area contributed by atoms with Crippen molar-refractivity contribution in [1.29, 1.82) is 0 Å². The number of alkyl carbamates (subject to hydrolysis) is 1. The number of amides is 7. The predicted octanol–water partition coefficient (Wildman–Crippen LogP) is 1.17. The average molecular weight is 1250 g/mol. The Bertz CT molecular complexity index is 3450. The molecule has 4 aromatic rings. The normalized spacial score (nSPS) is 19.3. The number of rotatable bonds is 32. The topological polar surface area (TPSA) is 341 Å². The van der Waals surface area contributed by atoms with Gasteiger partial charge in [-0.1, -0.05) is 37.3 Å². The highest BCUT2D eigenvalue weighted by Gasteiger charge is 2.52. The number of cyclic esters (lactones) is 1. The van der Waals surface area contributed by atoms with Crippen molar-refractivity contribution in [3.63, 3.8) is 0 Å². The predicted molar refractivity (Wildman–Crippen MR) is 318 cm³/mol. The van der Waals surface area contributed by atoms with E-state index in [4.69, 9.17) is 38.1 Å². The Morgan fingerprint density at radius 3 is 2.13 bits per heavy atom. The number of ether oxygens (including phenoxy) is 7. The van der Waals surface area contributed by atoms with Crippen molar-refractivity contribution in [3.8, 4) is 23.2 Å². The minimum absolute atomic E-state index is 0.0200. The van der Waals surface area contributed by atoms with Gasteiger partial charge in [0.1, 0.15) is 37.9 Å². The Balaban J connectivity index is 0.628. The van der Waals surface area contributed by atoms with Gasteiger partial charge < -0.3 is 80.0 Å². The van der Waals surface area contributed by atoms with Crippen molar-refractivity contribution in [2.45, 2.75) is 109 Å². The van der Waals surface area contributed by atoms with Crippen molar-refractivity contribution in [2.75, 3.05) is 92.4 Å². The lowest BCUT2D eigenvalue weighted by atomic mass is 9.81. The minimum atomic E-state index is -2.06. The lowest BCUT2D eigenvalue weighted by molar-refractivity contribution is -0.172. The molecule has 2 unspecified atom stereocenters. The highest BCUT2D eigenvalue weighted by atomic mass is 19.1. The molecule has 2 aromatic carbocycles. The molecule has 0 saturated heterocycles. The molecule has 482 valence electrons. The molecule has 1 fully saturated rings. The summed E-state index contributed by atoms with van der Waals surface area (Å²) in [5.74, 6) is 2.01. The lowest BCUT2D eigenvalue weighted by Crippen LogP contribution is -2.52. The first-order chi connectivity index (χ1) is 43.5. The fourth-order valence-electron chi connectivity index (χ4n) is 11.7. The van der Waals surface area contributed by atoms with E-state index in [9.17, 15) is 48.3 Å². The molecule has 2 aromatic heterocycles. The van der Waals surface area contributed by atoms with Gasteiger partial charge in [0, 0.05) is 66.6 Å². The molecule has 5 aliphatic rings. The molecule has 5 atom stereocenters. The molecular weight excluding hydrogens is 1170 g/mol. The lowest BCUT2D eigenvalue weighted by Gasteiger charge is -2.31. The molecule has 0 radical (unpaired) electrons. The fraction of sp³-hybridized carbons (Fsp3) is 0.524. The van der Waals surface area contributed by atoms with E-state index in [1.807, 2.05) is 0 Å². The fourth-order valence-corrected chi connectivity index (χ4v) is 11.7. The summed E-state index contributed by atoms with van der Waals surface area (Å²) in [6.07, 6.45) is 3.91. The molecule has 8 N–H and O–H groups in total. The van der Waals surface area contributed by atoms with Crippen LogP contribution in [0.1, 0.15) is 96.9 Å². The zero-order chi connectivity index (χ0) is 63.7. The molecule has 3 aliphatic carbocycles. The largest absolute Gasteiger partial charge is 0.458 e. The molecule has 26 nitrogen and oxygen atoms in total. The van der Waals surface area contributed by atoms with Crippen LogP contribution < -0.4 is 42.8 Å². The Labute approximate surface area is 518 Å². The number of aryl methyl sites for hydroxylation is 1. The van der Waals surface area contributed by atoms with Crippen LogP contribution in [0.15, 0.2) is 47.3 Å². The number of fused-ring (bicyclic) bond motifs is 6. The van der Waals surface area contributed by atoms with Crippen LogP contribution in [0.3, 0.4) is 0 Å². The van der Waals surface area contributed by atoms with Crippen LogP contribution in [-0.2, 0) is 98.3 Å². The van der Waals surface area contributed by atoms with Gasteiger partial charge in [-0.2, -0.15) is 0 Å². The quantitative estimate of drug-likeness (QED) is 0.0130. The van der Waals surface area contributed by atoms with Crippen LogP contribution in [-0.4, -0.2) is 167 Å². The molecule has 0 spiro atoms. The number of nitrogens with one attached hydrogen (secondary N) is 7. The monoisotopic (exact) mass is 1250 g/mol. The summed E-state index contributed by atoms with van der Waals surface area (Å²) in [7, 11) is 0. The second-order valence-electron chi connectivity index (χ2n) is 22.4. The number of nitrogens with zero attached hydrogens (tertiary/aromatic N) is 2. The minimum Gasteiger partial charge on any atom is -0.458 e. The van der Waals surface area contributed by atoms with E-state index in [1.54, 1.807) is 50.2 Å². The van der Waals surface area contributed by atoms with Gasteiger partial charge in [-0.05, 0) is 67.3 Å². The smallest absolute Gasteiger partial charge is 0.407 e. The molecule has 0 bridgehead atoms. The Morgan fingerprint density at radius 1 is 0.767 bits per heavy atom. The molecule has 27 heteroatoms. The summed E-state index contributed by atoms with van der Waals surface area (Å²) < 4.78 is 55.1. The number of halogens is 1. The van der Waals surface area contributed by atoms with Crippen molar-refractivity contribution in [1.82, 2.24) is 46.8 Å². The van der Waals surface area contributed by atoms with Crippen molar-refractivity contribution in [3.05, 3.63) is 97.6 Å². The first-order valence-corrected chi connectivity index (χ1v) is 30.4. The maximum absolute atomic E-state index is 15.4. The Hall–Kier alpha value is -8.39. The number of pyridine rings is 2. The maximum Gasteiger partial charge on any atom is 0.407 e. The van der Waals surface area contributed by atoms with E-state index < -0.39 is 110 Å². The third kappa shape index (κ3) is 16.7. The molecule has 7 amide bonds. The molecule has 9 rings (SSSR count). The van der Waals surface area contributed by atoms with E-state index in [0.29, 0.717) is 109 Å². The van der Waals surface area contributed by atoms with Gasteiger partial charge in [0.15, 0.2) is 5.60 Å².